The smallest absolute Gasteiger partial charge is 0.251 e. The van der Waals surface area contributed by atoms with Crippen molar-refractivity contribution in [3.05, 3.63) is 82.0 Å². The van der Waals surface area contributed by atoms with Crippen LogP contribution in [0.25, 0.3) is 11.4 Å². The maximum Gasteiger partial charge on any atom is 0.251 e. The molecule has 1 N–H and O–H groups in total. The summed E-state index contributed by atoms with van der Waals surface area (Å²) in [6.07, 6.45) is 6.05. The molecule has 4 rings (SSSR count). The lowest BCUT2D eigenvalue weighted by Crippen LogP contribution is -2.34. The number of hydrogen-bond acceptors (Lipinski definition) is 4. The van der Waals surface area contributed by atoms with E-state index in [0.29, 0.717) is 17.1 Å². The van der Waals surface area contributed by atoms with Crippen LogP contribution >= 0.6 is 0 Å². The van der Waals surface area contributed by atoms with E-state index in [2.05, 4.69) is 19.9 Å². The van der Waals surface area contributed by atoms with Crippen LogP contribution in [0.4, 0.5) is 8.78 Å². The second-order valence-corrected chi connectivity index (χ2v) is 6.95. The monoisotopic (exact) mass is 382 g/mol. The number of halogens is 2. The van der Waals surface area contributed by atoms with Gasteiger partial charge in [-0.3, -0.25) is 14.7 Å². The average Bonchev–Trinajstić information content (AvgIpc) is 2.72. The Balaban J connectivity index is 1.67. The molecule has 0 saturated carbocycles. The minimum atomic E-state index is -0.847. The Morgan fingerprint density at radius 3 is 2.79 bits per heavy atom. The van der Waals surface area contributed by atoms with E-state index in [1.165, 1.54) is 12.1 Å². The number of aromatic nitrogens is 3. The van der Waals surface area contributed by atoms with Gasteiger partial charge in [0.2, 0.25) is 0 Å². The molecule has 0 bridgehead atoms. The molecule has 144 valence electrons. The van der Waals surface area contributed by atoms with Crippen LogP contribution < -0.4 is 5.56 Å². The molecule has 3 aromatic rings. The Morgan fingerprint density at radius 1 is 1.14 bits per heavy atom. The van der Waals surface area contributed by atoms with E-state index in [4.69, 9.17) is 0 Å². The van der Waals surface area contributed by atoms with Gasteiger partial charge in [-0.15, -0.1) is 0 Å². The van der Waals surface area contributed by atoms with E-state index in [0.717, 1.165) is 37.4 Å². The van der Waals surface area contributed by atoms with Gasteiger partial charge < -0.3 is 4.98 Å². The van der Waals surface area contributed by atoms with Gasteiger partial charge in [0.25, 0.3) is 5.56 Å². The number of nitrogens with one attached hydrogen (secondary N) is 1. The van der Waals surface area contributed by atoms with Gasteiger partial charge >= 0.3 is 0 Å². The Hall–Kier alpha value is -2.93. The molecule has 1 aromatic carbocycles. The van der Waals surface area contributed by atoms with Gasteiger partial charge in [0, 0.05) is 36.1 Å². The van der Waals surface area contributed by atoms with Crippen molar-refractivity contribution in [2.24, 2.45) is 0 Å². The zero-order valence-corrected chi connectivity index (χ0v) is 15.2. The first kappa shape index (κ1) is 18.4. The summed E-state index contributed by atoms with van der Waals surface area (Å²) in [5.41, 5.74) is 1.49. The number of rotatable bonds is 4. The van der Waals surface area contributed by atoms with Crippen molar-refractivity contribution >= 4 is 0 Å². The van der Waals surface area contributed by atoms with Gasteiger partial charge in [0.1, 0.15) is 5.82 Å². The number of likely N-dealkylation sites (tertiary alicyclic amines) is 1. The minimum absolute atomic E-state index is 0.126. The maximum absolute atomic E-state index is 14.2. The van der Waals surface area contributed by atoms with Crippen molar-refractivity contribution in [1.82, 2.24) is 19.9 Å². The lowest BCUT2D eigenvalue weighted by molar-refractivity contribution is 0.135. The third-order valence-corrected chi connectivity index (χ3v) is 5.08. The standard InChI is InChI=1S/C21H20F2N4O/c22-16-5-3-4-15(20(16)23)13-27-11-2-1-6-18(27)17-12-19(28)26-21(25-17)14-7-9-24-10-8-14/h3-5,7-10,12,18H,1-2,6,11,13H2,(H,25,26,28). The highest BCUT2D eigenvalue weighted by Gasteiger charge is 2.27. The van der Waals surface area contributed by atoms with Crippen molar-refractivity contribution < 1.29 is 8.78 Å². The Labute approximate surface area is 161 Å². The Morgan fingerprint density at radius 2 is 1.96 bits per heavy atom. The molecule has 1 saturated heterocycles. The lowest BCUT2D eigenvalue weighted by atomic mass is 9.98. The molecule has 3 heterocycles. The molecule has 0 amide bonds. The number of H-pyrrole nitrogens is 1. The van der Waals surface area contributed by atoms with Crippen molar-refractivity contribution in [3.8, 4) is 11.4 Å². The molecule has 0 spiro atoms. The average molecular weight is 382 g/mol. The first-order valence-electron chi connectivity index (χ1n) is 9.30. The largest absolute Gasteiger partial charge is 0.307 e. The molecule has 0 aliphatic carbocycles. The van der Waals surface area contributed by atoms with Gasteiger partial charge in [-0.1, -0.05) is 18.6 Å². The summed E-state index contributed by atoms with van der Waals surface area (Å²) in [4.78, 5) is 25.7. The normalized spacial score (nSPS) is 17.6. The minimum Gasteiger partial charge on any atom is -0.307 e. The molecule has 1 atom stereocenters. The van der Waals surface area contributed by atoms with E-state index in [-0.39, 0.29) is 18.1 Å². The zero-order chi connectivity index (χ0) is 19.5. The SMILES string of the molecule is O=c1cc(C2CCCCN2Cc2cccc(F)c2F)nc(-c2ccncc2)[nH]1. The third-order valence-electron chi connectivity index (χ3n) is 5.08. The fourth-order valence-corrected chi connectivity index (χ4v) is 3.70. The molecule has 2 aromatic heterocycles. The summed E-state index contributed by atoms with van der Waals surface area (Å²) in [7, 11) is 0. The molecule has 7 heteroatoms. The number of piperidine rings is 1. The first-order chi connectivity index (χ1) is 13.6. The number of pyridine rings is 1. The highest BCUT2D eigenvalue weighted by Crippen LogP contribution is 2.32. The van der Waals surface area contributed by atoms with Crippen molar-refractivity contribution in [2.75, 3.05) is 6.54 Å². The van der Waals surface area contributed by atoms with E-state index in [9.17, 15) is 13.6 Å². The van der Waals surface area contributed by atoms with E-state index in [1.807, 2.05) is 0 Å². The predicted molar refractivity (Wildman–Crippen MR) is 101 cm³/mol. The lowest BCUT2D eigenvalue weighted by Gasteiger charge is -2.35. The topological polar surface area (TPSA) is 61.9 Å². The van der Waals surface area contributed by atoms with Gasteiger partial charge in [0.05, 0.1) is 11.7 Å². The molecule has 28 heavy (non-hydrogen) atoms. The maximum atomic E-state index is 14.2. The van der Waals surface area contributed by atoms with E-state index in [1.54, 1.807) is 30.6 Å². The van der Waals surface area contributed by atoms with Crippen molar-refractivity contribution in [1.29, 1.82) is 0 Å². The molecular weight excluding hydrogens is 362 g/mol. The molecule has 0 radical (unpaired) electrons. The highest BCUT2D eigenvalue weighted by atomic mass is 19.2. The number of hydrogen-bond donors (Lipinski definition) is 1. The van der Waals surface area contributed by atoms with Gasteiger partial charge in [-0.2, -0.15) is 0 Å². The summed E-state index contributed by atoms with van der Waals surface area (Å²) in [6.45, 7) is 1.01. The molecule has 1 unspecified atom stereocenters. The van der Waals surface area contributed by atoms with Crippen LogP contribution in [0.3, 0.4) is 0 Å². The van der Waals surface area contributed by atoms with Crippen LogP contribution in [0.2, 0.25) is 0 Å². The fraction of sp³-hybridized carbons (Fsp3) is 0.286. The van der Waals surface area contributed by atoms with Crippen molar-refractivity contribution in [2.45, 2.75) is 31.8 Å². The molecule has 1 aliphatic heterocycles. The van der Waals surface area contributed by atoms with Crippen LogP contribution in [0, 0.1) is 11.6 Å². The van der Waals surface area contributed by atoms with Gasteiger partial charge in [-0.25, -0.2) is 13.8 Å². The highest BCUT2D eigenvalue weighted by molar-refractivity contribution is 5.53. The quantitative estimate of drug-likeness (QED) is 0.745. The Bertz CT molecular complexity index is 1020. The summed E-state index contributed by atoms with van der Waals surface area (Å²) >= 11 is 0. The van der Waals surface area contributed by atoms with E-state index < -0.39 is 11.6 Å². The van der Waals surface area contributed by atoms with Gasteiger partial charge in [0.15, 0.2) is 11.6 Å². The molecule has 5 nitrogen and oxygen atoms in total. The van der Waals surface area contributed by atoms with Crippen molar-refractivity contribution in [3.63, 3.8) is 0 Å². The number of benzene rings is 1. The van der Waals surface area contributed by atoms with Crippen LogP contribution in [-0.4, -0.2) is 26.4 Å². The van der Waals surface area contributed by atoms with E-state index >= 15 is 0 Å². The third kappa shape index (κ3) is 3.84. The molecule has 1 aliphatic rings. The summed E-state index contributed by atoms with van der Waals surface area (Å²) in [5, 5.41) is 0. The Kier molecular flexibility index (Phi) is 5.25. The summed E-state index contributed by atoms with van der Waals surface area (Å²) in [5.74, 6) is -1.18. The summed E-state index contributed by atoms with van der Waals surface area (Å²) < 4.78 is 27.7. The molecule has 1 fully saturated rings. The van der Waals surface area contributed by atoms with Crippen LogP contribution in [0.5, 0.6) is 0 Å². The number of aromatic amines is 1. The summed E-state index contributed by atoms with van der Waals surface area (Å²) in [6, 6.07) is 9.16. The second-order valence-electron chi connectivity index (χ2n) is 6.95. The molecular formula is C21H20F2N4O. The van der Waals surface area contributed by atoms with Crippen LogP contribution in [0.1, 0.15) is 36.6 Å². The van der Waals surface area contributed by atoms with Gasteiger partial charge in [-0.05, 0) is 37.6 Å². The first-order valence-corrected chi connectivity index (χ1v) is 9.30. The van der Waals surface area contributed by atoms with Crippen LogP contribution in [0.15, 0.2) is 53.6 Å². The predicted octanol–water partition coefficient (Wildman–Crippen LogP) is 3.84. The zero-order valence-electron chi connectivity index (χ0n) is 15.2. The number of nitrogens with zero attached hydrogens (tertiary/aromatic N) is 3. The van der Waals surface area contributed by atoms with Crippen LogP contribution in [-0.2, 0) is 6.54 Å². The fourth-order valence-electron chi connectivity index (χ4n) is 3.70. The second kappa shape index (κ2) is 7.98.